The van der Waals surface area contributed by atoms with Gasteiger partial charge in [-0.25, -0.2) is 0 Å². The molecule has 0 bridgehead atoms. The highest BCUT2D eigenvalue weighted by Crippen LogP contribution is 2.39. The summed E-state index contributed by atoms with van der Waals surface area (Å²) in [5.74, 6) is 0.888. The number of piperidine rings is 1. The number of nitrogens with two attached hydrogens (primary N) is 2. The molecular weight excluding hydrogens is 252 g/mol. The van der Waals surface area contributed by atoms with Gasteiger partial charge in [0.05, 0.1) is 6.61 Å². The second kappa shape index (κ2) is 5.43. The Bertz CT molecular complexity index is 427. The van der Waals surface area contributed by atoms with Crippen LogP contribution in [0.4, 0.5) is 10.8 Å². The fraction of sp³-hybridized carbons (Fsp3) is 0.636. The van der Waals surface area contributed by atoms with Crippen LogP contribution in [0.3, 0.4) is 0 Å². The fourth-order valence-electron chi connectivity index (χ4n) is 2.13. The quantitative estimate of drug-likeness (QED) is 0.845. The van der Waals surface area contributed by atoms with Crippen molar-refractivity contribution < 1.29 is 9.53 Å². The van der Waals surface area contributed by atoms with Crippen LogP contribution < -0.4 is 21.1 Å². The SMILES string of the molecule is CCOc1c(N)nsc1N1CCC(C(N)=O)CC1. The van der Waals surface area contributed by atoms with Crippen LogP contribution >= 0.6 is 11.5 Å². The highest BCUT2D eigenvalue weighted by atomic mass is 32.1. The summed E-state index contributed by atoms with van der Waals surface area (Å²) in [7, 11) is 0. The van der Waals surface area contributed by atoms with E-state index in [4.69, 9.17) is 16.2 Å². The summed E-state index contributed by atoms with van der Waals surface area (Å²) in [6.45, 7) is 4.05. The van der Waals surface area contributed by atoms with Gasteiger partial charge in [0, 0.05) is 19.0 Å². The standard InChI is InChI=1S/C11H18N4O2S/c1-2-17-8-9(12)14-18-11(8)15-5-3-7(4-6-15)10(13)16/h7H,2-6H2,1H3,(H2,12,14)(H2,13,16). The van der Waals surface area contributed by atoms with Crippen molar-refractivity contribution in [2.75, 3.05) is 30.3 Å². The molecule has 1 fully saturated rings. The number of nitrogen functional groups attached to an aromatic ring is 1. The first kappa shape index (κ1) is 12.9. The van der Waals surface area contributed by atoms with Gasteiger partial charge in [0.1, 0.15) is 0 Å². The van der Waals surface area contributed by atoms with Crippen molar-refractivity contribution in [3.63, 3.8) is 0 Å². The number of primary amides is 1. The molecule has 100 valence electrons. The number of carbonyl (C=O) groups excluding carboxylic acids is 1. The summed E-state index contributed by atoms with van der Waals surface area (Å²) in [6, 6.07) is 0. The molecule has 6 nitrogen and oxygen atoms in total. The van der Waals surface area contributed by atoms with E-state index >= 15 is 0 Å². The third-order valence-electron chi connectivity index (χ3n) is 3.13. The van der Waals surface area contributed by atoms with E-state index in [1.165, 1.54) is 11.5 Å². The lowest BCUT2D eigenvalue weighted by atomic mass is 9.96. The van der Waals surface area contributed by atoms with Crippen LogP contribution in [0.5, 0.6) is 5.75 Å². The number of rotatable bonds is 4. The van der Waals surface area contributed by atoms with E-state index in [0.29, 0.717) is 18.2 Å². The van der Waals surface area contributed by atoms with E-state index in [9.17, 15) is 4.79 Å². The predicted octanol–water partition coefficient (Wildman–Crippen LogP) is 0.826. The number of amides is 1. The Kier molecular flexibility index (Phi) is 3.90. The van der Waals surface area contributed by atoms with Gasteiger partial charge in [-0.3, -0.25) is 4.79 Å². The van der Waals surface area contributed by atoms with E-state index in [-0.39, 0.29) is 11.8 Å². The average molecular weight is 270 g/mol. The number of ether oxygens (including phenoxy) is 1. The van der Waals surface area contributed by atoms with E-state index in [1.807, 2.05) is 6.92 Å². The lowest BCUT2D eigenvalue weighted by molar-refractivity contribution is -0.122. The number of anilines is 2. The Morgan fingerprint density at radius 1 is 1.56 bits per heavy atom. The molecule has 0 aliphatic carbocycles. The summed E-state index contributed by atoms with van der Waals surface area (Å²) < 4.78 is 9.65. The maximum Gasteiger partial charge on any atom is 0.220 e. The molecule has 0 unspecified atom stereocenters. The van der Waals surface area contributed by atoms with Gasteiger partial charge in [0.25, 0.3) is 0 Å². The summed E-state index contributed by atoms with van der Waals surface area (Å²) in [5, 5.41) is 0.956. The highest BCUT2D eigenvalue weighted by Gasteiger charge is 2.27. The summed E-state index contributed by atoms with van der Waals surface area (Å²) in [4.78, 5) is 13.3. The van der Waals surface area contributed by atoms with Crippen LogP contribution in [0.25, 0.3) is 0 Å². The van der Waals surface area contributed by atoms with Crippen molar-refractivity contribution >= 4 is 28.3 Å². The van der Waals surface area contributed by atoms with Gasteiger partial charge in [-0.2, -0.15) is 4.37 Å². The maximum absolute atomic E-state index is 11.1. The minimum atomic E-state index is -0.205. The first-order valence-electron chi connectivity index (χ1n) is 6.05. The van der Waals surface area contributed by atoms with E-state index in [0.717, 1.165) is 30.9 Å². The number of carbonyl (C=O) groups is 1. The average Bonchev–Trinajstić information content (AvgIpc) is 2.72. The molecule has 1 aliphatic rings. The van der Waals surface area contributed by atoms with Crippen LogP contribution in [-0.4, -0.2) is 30.0 Å². The van der Waals surface area contributed by atoms with Gasteiger partial charge in [-0.1, -0.05) is 0 Å². The van der Waals surface area contributed by atoms with Gasteiger partial charge in [0.2, 0.25) is 5.91 Å². The molecule has 4 N–H and O–H groups in total. The molecule has 0 atom stereocenters. The molecule has 0 saturated carbocycles. The van der Waals surface area contributed by atoms with Crippen LogP contribution in [0.2, 0.25) is 0 Å². The summed E-state index contributed by atoms with van der Waals surface area (Å²) >= 11 is 1.34. The van der Waals surface area contributed by atoms with Crippen LogP contribution in [-0.2, 0) is 4.79 Å². The van der Waals surface area contributed by atoms with Gasteiger partial charge < -0.3 is 21.1 Å². The number of aromatic nitrogens is 1. The fourth-order valence-corrected chi connectivity index (χ4v) is 2.95. The first-order valence-corrected chi connectivity index (χ1v) is 6.83. The molecule has 0 radical (unpaired) electrons. The number of hydrogen-bond acceptors (Lipinski definition) is 6. The maximum atomic E-state index is 11.1. The second-order valence-electron chi connectivity index (χ2n) is 4.30. The van der Waals surface area contributed by atoms with Crippen molar-refractivity contribution in [2.24, 2.45) is 11.7 Å². The Morgan fingerprint density at radius 3 is 2.78 bits per heavy atom. The van der Waals surface area contributed by atoms with Gasteiger partial charge >= 0.3 is 0 Å². The van der Waals surface area contributed by atoms with Crippen molar-refractivity contribution in [1.82, 2.24) is 4.37 Å². The Hall–Kier alpha value is -1.50. The second-order valence-corrected chi connectivity index (χ2v) is 5.05. The van der Waals surface area contributed by atoms with Crippen molar-refractivity contribution in [3.05, 3.63) is 0 Å². The molecule has 1 amide bonds. The zero-order chi connectivity index (χ0) is 13.1. The largest absolute Gasteiger partial charge is 0.487 e. The monoisotopic (exact) mass is 270 g/mol. The van der Waals surface area contributed by atoms with Crippen molar-refractivity contribution in [1.29, 1.82) is 0 Å². The molecular formula is C11H18N4O2S. The highest BCUT2D eigenvalue weighted by molar-refractivity contribution is 7.11. The lowest BCUT2D eigenvalue weighted by Gasteiger charge is -2.31. The predicted molar refractivity (Wildman–Crippen MR) is 71.8 cm³/mol. The molecule has 2 rings (SSSR count). The Balaban J connectivity index is 2.07. The number of hydrogen-bond donors (Lipinski definition) is 2. The van der Waals surface area contributed by atoms with Crippen molar-refractivity contribution in [3.8, 4) is 5.75 Å². The van der Waals surface area contributed by atoms with Crippen LogP contribution in [0.1, 0.15) is 19.8 Å². The third-order valence-corrected chi connectivity index (χ3v) is 4.04. The molecule has 1 saturated heterocycles. The first-order chi connectivity index (χ1) is 8.63. The molecule has 7 heteroatoms. The smallest absolute Gasteiger partial charge is 0.220 e. The van der Waals surface area contributed by atoms with Crippen LogP contribution in [0.15, 0.2) is 0 Å². The molecule has 18 heavy (non-hydrogen) atoms. The Labute approximate surface area is 110 Å². The van der Waals surface area contributed by atoms with Gasteiger partial charge in [-0.15, -0.1) is 0 Å². The zero-order valence-electron chi connectivity index (χ0n) is 10.4. The summed E-state index contributed by atoms with van der Waals surface area (Å²) in [6.07, 6.45) is 1.55. The summed E-state index contributed by atoms with van der Waals surface area (Å²) in [5.41, 5.74) is 11.1. The van der Waals surface area contributed by atoms with Crippen molar-refractivity contribution in [2.45, 2.75) is 19.8 Å². The zero-order valence-corrected chi connectivity index (χ0v) is 11.2. The molecule has 1 aromatic heterocycles. The molecule has 1 aliphatic heterocycles. The van der Waals surface area contributed by atoms with Crippen LogP contribution in [0, 0.1) is 5.92 Å². The Morgan fingerprint density at radius 2 is 2.22 bits per heavy atom. The van der Waals surface area contributed by atoms with Gasteiger partial charge in [-0.05, 0) is 31.3 Å². The molecule has 1 aromatic rings. The van der Waals surface area contributed by atoms with E-state index in [2.05, 4.69) is 9.27 Å². The minimum Gasteiger partial charge on any atom is -0.487 e. The molecule has 2 heterocycles. The van der Waals surface area contributed by atoms with E-state index in [1.54, 1.807) is 0 Å². The molecule has 0 aromatic carbocycles. The number of nitrogens with zero attached hydrogens (tertiary/aromatic N) is 2. The molecule has 0 spiro atoms. The van der Waals surface area contributed by atoms with Gasteiger partial charge in [0.15, 0.2) is 16.6 Å². The minimum absolute atomic E-state index is 0.0120. The topological polar surface area (TPSA) is 94.5 Å². The van der Waals surface area contributed by atoms with E-state index < -0.39 is 0 Å². The normalized spacial score (nSPS) is 16.8. The lowest BCUT2D eigenvalue weighted by Crippen LogP contribution is -2.38. The third kappa shape index (κ3) is 2.50.